The van der Waals surface area contributed by atoms with Crippen LogP contribution in [0.3, 0.4) is 0 Å². The van der Waals surface area contributed by atoms with Crippen molar-refractivity contribution in [1.82, 2.24) is 0 Å². The summed E-state index contributed by atoms with van der Waals surface area (Å²) in [4.78, 5) is 37.7. The third-order valence-electron chi connectivity index (χ3n) is 6.02. The fraction of sp³-hybridized carbons (Fsp3) is 0.154. The van der Waals surface area contributed by atoms with Gasteiger partial charge in [-0.25, -0.2) is 8.78 Å². The number of carbonyl (C=O) groups is 3. The average Bonchev–Trinajstić information content (AvgIpc) is 3.49. The highest BCUT2D eigenvalue weighted by molar-refractivity contribution is 6.54. The topological polar surface area (TPSA) is 111 Å². The third kappa shape index (κ3) is 6.49. The van der Waals surface area contributed by atoms with Crippen LogP contribution in [0.2, 0.25) is 20.1 Å². The Morgan fingerprint density at radius 1 is 0.927 bits per heavy atom. The van der Waals surface area contributed by atoms with Crippen LogP contribution in [0.4, 0.5) is 25.8 Å². The number of halogens is 8. The van der Waals surface area contributed by atoms with Gasteiger partial charge >= 0.3 is 0 Å². The molecule has 3 N–H and O–H groups in total. The van der Waals surface area contributed by atoms with Gasteiger partial charge in [0, 0.05) is 15.9 Å². The van der Waals surface area contributed by atoms with Crippen molar-refractivity contribution >= 4 is 104 Å². The maximum Gasteiger partial charge on any atom is 0.257 e. The van der Waals surface area contributed by atoms with Gasteiger partial charge < -0.3 is 16.0 Å². The number of rotatable bonds is 7. The van der Waals surface area contributed by atoms with Crippen LogP contribution in [-0.4, -0.2) is 22.1 Å². The predicted octanol–water partition coefficient (Wildman–Crippen LogP) is 8.95. The van der Waals surface area contributed by atoms with Crippen molar-refractivity contribution in [2.24, 2.45) is 5.92 Å². The van der Waals surface area contributed by atoms with Gasteiger partial charge in [-0.15, -0.1) is 23.2 Å². The summed E-state index contributed by atoms with van der Waals surface area (Å²) in [5.74, 6) is -6.44. The van der Waals surface area contributed by atoms with E-state index in [2.05, 4.69) is 10.6 Å². The zero-order valence-electron chi connectivity index (χ0n) is 20.1. The van der Waals surface area contributed by atoms with Crippen LogP contribution < -0.4 is 16.0 Å². The van der Waals surface area contributed by atoms with Gasteiger partial charge in [0.25, 0.3) is 5.91 Å². The summed E-state index contributed by atoms with van der Waals surface area (Å²) in [5, 5.41) is 15.8. The predicted molar refractivity (Wildman–Crippen MR) is 162 cm³/mol. The lowest BCUT2D eigenvalue weighted by atomic mass is 10.1. The number of nitrogens with zero attached hydrogens (tertiary/aromatic N) is 1. The van der Waals surface area contributed by atoms with Crippen LogP contribution in [0.5, 0.6) is 0 Å². The lowest BCUT2D eigenvalue weighted by molar-refractivity contribution is -0.117. The largest absolute Gasteiger partial charge is 0.326 e. The Bertz CT molecular complexity index is 1640. The zero-order chi connectivity index (χ0) is 30.2. The van der Waals surface area contributed by atoms with Crippen molar-refractivity contribution in [3.8, 4) is 6.07 Å². The van der Waals surface area contributed by atoms with E-state index in [0.717, 1.165) is 12.1 Å². The van der Waals surface area contributed by atoms with Crippen LogP contribution in [0.1, 0.15) is 32.5 Å². The van der Waals surface area contributed by atoms with Crippen LogP contribution in [0, 0.1) is 28.9 Å². The third-order valence-corrected chi connectivity index (χ3v) is 8.49. The molecule has 0 aliphatic heterocycles. The van der Waals surface area contributed by atoms with Gasteiger partial charge in [0.15, 0.2) is 5.82 Å². The summed E-state index contributed by atoms with van der Waals surface area (Å²) in [5.41, 5.74) is -0.868. The molecule has 1 saturated carbocycles. The van der Waals surface area contributed by atoms with Crippen LogP contribution in [0.15, 0.2) is 42.5 Å². The van der Waals surface area contributed by atoms with Gasteiger partial charge in [0.05, 0.1) is 43.3 Å². The first-order chi connectivity index (χ1) is 19.3. The number of hydrogen-bond acceptors (Lipinski definition) is 4. The van der Waals surface area contributed by atoms with E-state index in [0.29, 0.717) is 5.56 Å². The summed E-state index contributed by atoms with van der Waals surface area (Å²) >= 11 is 37.1. The first-order valence-corrected chi connectivity index (χ1v) is 13.6. The Morgan fingerprint density at radius 3 is 2.22 bits per heavy atom. The lowest BCUT2D eigenvalue weighted by Crippen LogP contribution is -2.19. The van der Waals surface area contributed by atoms with E-state index in [1.165, 1.54) is 30.3 Å². The molecule has 7 nitrogen and oxygen atoms in total. The Morgan fingerprint density at radius 2 is 1.59 bits per heavy atom. The van der Waals surface area contributed by atoms with E-state index in [9.17, 15) is 23.2 Å². The number of anilines is 3. The first kappa shape index (κ1) is 31.1. The molecule has 1 aliphatic rings. The maximum atomic E-state index is 14.9. The van der Waals surface area contributed by atoms with E-state index in [1.807, 2.05) is 5.32 Å². The summed E-state index contributed by atoms with van der Waals surface area (Å²) in [7, 11) is 0. The van der Waals surface area contributed by atoms with E-state index in [-0.39, 0.29) is 35.6 Å². The molecular formula is C26H20Cl6F2N4O3. The Balaban J connectivity index is 0.00000323. The van der Waals surface area contributed by atoms with Gasteiger partial charge in [-0.3, -0.25) is 14.4 Å². The number of nitriles is 1. The van der Waals surface area contributed by atoms with Crippen molar-refractivity contribution in [3.63, 3.8) is 0 Å². The molecule has 3 aromatic rings. The molecule has 218 valence electrons. The highest BCUT2D eigenvalue weighted by Gasteiger charge is 2.67. The van der Waals surface area contributed by atoms with Crippen molar-refractivity contribution in [1.29, 1.82) is 5.26 Å². The second-order valence-corrected chi connectivity index (χ2v) is 11.8. The molecule has 41 heavy (non-hydrogen) atoms. The average molecular weight is 687 g/mol. The first-order valence-electron chi connectivity index (χ1n) is 11.3. The normalized spacial score (nSPS) is 16.9. The second kappa shape index (κ2) is 12.2. The lowest BCUT2D eigenvalue weighted by Gasteiger charge is -2.13. The summed E-state index contributed by atoms with van der Waals surface area (Å²) in [6.45, 7) is 0. The van der Waals surface area contributed by atoms with Crippen molar-refractivity contribution < 1.29 is 27.4 Å². The molecule has 0 aromatic heterocycles. The molecule has 3 amide bonds. The zero-order valence-corrected chi connectivity index (χ0v) is 24.6. The smallest absolute Gasteiger partial charge is 0.257 e. The van der Waals surface area contributed by atoms with E-state index >= 15 is 0 Å². The minimum absolute atomic E-state index is 0. The van der Waals surface area contributed by atoms with E-state index in [4.69, 9.17) is 74.9 Å². The Kier molecular flexibility index (Phi) is 9.24. The van der Waals surface area contributed by atoms with Gasteiger partial charge in [-0.1, -0.05) is 46.4 Å². The molecule has 4 rings (SSSR count). The number of alkyl halides is 2. The molecule has 1 aliphatic carbocycles. The van der Waals surface area contributed by atoms with E-state index in [1.54, 1.807) is 6.07 Å². The number of benzene rings is 3. The minimum Gasteiger partial charge on any atom is -0.326 e. The number of nitrogens with one attached hydrogen (secondary N) is 3. The van der Waals surface area contributed by atoms with Crippen molar-refractivity contribution in [3.05, 3.63) is 85.3 Å². The monoisotopic (exact) mass is 684 g/mol. The molecule has 0 spiro atoms. The highest BCUT2D eigenvalue weighted by Crippen LogP contribution is 2.65. The summed E-state index contributed by atoms with van der Waals surface area (Å²) in [6.07, 6.45) is -0.638. The SMILES string of the molecule is N#CCC(=O)Nc1c(F)ccc(NC(=O)c2cc(NC(=O)[C@H]3[C@H](c4cc(Cl)c(Cl)c(Cl)c4)C3(Cl)Cl)ccc2Cl)c1F.[HH].[HH].[HH]. The standard InChI is InChI=1S/C26H14Cl6F2N4O3.3H2/c27-13-2-1-11(36-25(41)20-19(26(20,31)32)10-7-14(28)21(30)15(29)8-10)9-12(13)24(40)37-17-4-3-16(33)23(22(17)34)38-18(39)5-6-35;;;/h1-4,7-9,19-20H,5H2,(H,36,41)(H,37,40)(H,38,39);3*1H/t19-,20+;;;/m0.../s1. The number of amides is 3. The van der Waals surface area contributed by atoms with Crippen molar-refractivity contribution in [2.45, 2.75) is 16.7 Å². The highest BCUT2D eigenvalue weighted by atomic mass is 35.5. The molecule has 0 radical (unpaired) electrons. The van der Waals surface area contributed by atoms with Gasteiger partial charge in [-0.2, -0.15) is 5.26 Å². The van der Waals surface area contributed by atoms with Crippen molar-refractivity contribution in [2.75, 3.05) is 16.0 Å². The summed E-state index contributed by atoms with van der Waals surface area (Å²) < 4.78 is 27.5. The van der Waals surface area contributed by atoms with Crippen LogP contribution in [0.25, 0.3) is 0 Å². The van der Waals surface area contributed by atoms with Crippen LogP contribution in [-0.2, 0) is 9.59 Å². The quantitative estimate of drug-likeness (QED) is 0.170. The molecule has 0 bridgehead atoms. The number of carbonyl (C=O) groups excluding carboxylic acids is 3. The molecule has 0 unspecified atom stereocenters. The second-order valence-electron chi connectivity index (χ2n) is 8.73. The Labute approximate surface area is 266 Å². The van der Waals surface area contributed by atoms with Gasteiger partial charge in [0.1, 0.15) is 22.3 Å². The molecule has 0 heterocycles. The minimum atomic E-state index is -1.49. The van der Waals surface area contributed by atoms with Gasteiger partial charge in [-0.05, 0) is 48.0 Å². The van der Waals surface area contributed by atoms with E-state index < -0.39 is 63.3 Å². The van der Waals surface area contributed by atoms with Gasteiger partial charge in [0.2, 0.25) is 11.8 Å². The molecule has 15 heteroatoms. The fourth-order valence-electron chi connectivity index (χ4n) is 4.03. The van der Waals surface area contributed by atoms with Crippen LogP contribution >= 0.6 is 69.6 Å². The summed E-state index contributed by atoms with van der Waals surface area (Å²) in [6, 6.07) is 10.3. The molecule has 1 fully saturated rings. The number of hydrogen-bond donors (Lipinski definition) is 3. The fourth-order valence-corrected chi connectivity index (χ4v) is 5.67. The molecule has 2 atom stereocenters. The molecule has 0 saturated heterocycles. The Hall–Kier alpha value is -2.84. The maximum absolute atomic E-state index is 14.9. The molecule has 3 aromatic carbocycles. The molecular weight excluding hydrogens is 667 g/mol.